The van der Waals surface area contributed by atoms with Crippen LogP contribution >= 0.6 is 0 Å². The lowest BCUT2D eigenvalue weighted by molar-refractivity contribution is 0.165. The Morgan fingerprint density at radius 2 is 2.14 bits per heavy atom. The predicted octanol–water partition coefficient (Wildman–Crippen LogP) is 3.08. The van der Waals surface area contributed by atoms with Gasteiger partial charge >= 0.3 is 6.03 Å². The number of hydrogen-bond donors (Lipinski definition) is 2. The monoisotopic (exact) mass is 305 g/mol. The van der Waals surface area contributed by atoms with E-state index in [1.807, 2.05) is 19.1 Å². The summed E-state index contributed by atoms with van der Waals surface area (Å²) in [5, 5.41) is 5.77. The quantitative estimate of drug-likeness (QED) is 0.849. The predicted molar refractivity (Wildman–Crippen MR) is 90.5 cm³/mol. The molecular weight excluding hydrogens is 278 g/mol. The Hall–Kier alpha value is -1.75. The minimum Gasteiger partial charge on any atom is -0.383 e. The highest BCUT2D eigenvalue weighted by atomic mass is 16.5. The first kappa shape index (κ1) is 16.6. The molecule has 1 heterocycles. The topological polar surface area (TPSA) is 53.6 Å². The maximum Gasteiger partial charge on any atom is 0.319 e. The smallest absolute Gasteiger partial charge is 0.319 e. The maximum atomic E-state index is 12.0. The minimum atomic E-state index is -0.188. The van der Waals surface area contributed by atoms with Crippen molar-refractivity contribution in [3.8, 4) is 0 Å². The summed E-state index contributed by atoms with van der Waals surface area (Å²) < 4.78 is 5.08. The van der Waals surface area contributed by atoms with Gasteiger partial charge in [-0.1, -0.05) is 13.8 Å². The maximum absolute atomic E-state index is 12.0. The number of nitrogens with one attached hydrogen (secondary N) is 2. The molecular formula is C17H27N3O2. The fourth-order valence-corrected chi connectivity index (χ4v) is 2.74. The minimum absolute atomic E-state index is 0.0374. The molecule has 22 heavy (non-hydrogen) atoms. The molecule has 0 aliphatic carbocycles. The fourth-order valence-electron chi connectivity index (χ4n) is 2.74. The summed E-state index contributed by atoms with van der Waals surface area (Å²) in [6, 6.07) is 7.90. The van der Waals surface area contributed by atoms with Crippen molar-refractivity contribution < 1.29 is 9.53 Å². The van der Waals surface area contributed by atoms with Crippen molar-refractivity contribution in [1.29, 1.82) is 0 Å². The normalized spacial score (nSPS) is 19.0. The number of hydrogen-bond acceptors (Lipinski definition) is 3. The van der Waals surface area contributed by atoms with Gasteiger partial charge in [-0.2, -0.15) is 0 Å². The first-order valence-corrected chi connectivity index (χ1v) is 8.03. The third-order valence-corrected chi connectivity index (χ3v) is 4.11. The third-order valence-electron chi connectivity index (χ3n) is 4.11. The van der Waals surface area contributed by atoms with E-state index < -0.39 is 0 Å². The van der Waals surface area contributed by atoms with Crippen molar-refractivity contribution in [1.82, 2.24) is 5.32 Å². The zero-order valence-electron chi connectivity index (χ0n) is 13.8. The number of carbonyl (C=O) groups is 1. The first-order valence-electron chi connectivity index (χ1n) is 8.03. The van der Waals surface area contributed by atoms with E-state index in [2.05, 4.69) is 34.6 Å². The van der Waals surface area contributed by atoms with Crippen LogP contribution in [0, 0.1) is 5.92 Å². The van der Waals surface area contributed by atoms with Gasteiger partial charge in [0.1, 0.15) is 0 Å². The highest BCUT2D eigenvalue weighted by Gasteiger charge is 2.18. The molecule has 5 nitrogen and oxygen atoms in total. The lowest BCUT2D eigenvalue weighted by Crippen LogP contribution is -2.40. The number of anilines is 2. The van der Waals surface area contributed by atoms with Crippen molar-refractivity contribution in [2.45, 2.75) is 32.7 Å². The summed E-state index contributed by atoms with van der Waals surface area (Å²) in [5.41, 5.74) is 2.03. The van der Waals surface area contributed by atoms with E-state index in [0.717, 1.165) is 31.1 Å². The van der Waals surface area contributed by atoms with Crippen molar-refractivity contribution >= 4 is 17.4 Å². The second kappa shape index (κ2) is 8.03. The molecule has 1 saturated heterocycles. The van der Waals surface area contributed by atoms with E-state index in [9.17, 15) is 4.79 Å². The SMILES string of the molecule is CC[C@@H](COC)NC(=O)Nc1ccc(N2CC[C@H](C)C2)cc1. The highest BCUT2D eigenvalue weighted by Crippen LogP contribution is 2.24. The Labute approximate surface area is 133 Å². The molecule has 2 atom stereocenters. The third kappa shape index (κ3) is 4.63. The molecule has 1 fully saturated rings. The molecule has 1 aromatic rings. The number of methoxy groups -OCH3 is 1. The van der Waals surface area contributed by atoms with Gasteiger partial charge in [0.15, 0.2) is 0 Å². The Morgan fingerprint density at radius 1 is 1.41 bits per heavy atom. The number of benzene rings is 1. The summed E-state index contributed by atoms with van der Waals surface area (Å²) in [6.07, 6.45) is 2.09. The summed E-state index contributed by atoms with van der Waals surface area (Å²) in [6.45, 7) is 7.06. The standard InChI is InChI=1S/C17H27N3O2/c1-4-14(12-22-3)18-17(21)19-15-5-7-16(8-6-15)20-10-9-13(2)11-20/h5-8,13-14H,4,9-12H2,1-3H3,(H2,18,19,21)/t13-,14-/m0/s1. The van der Waals surface area contributed by atoms with Gasteiger partial charge < -0.3 is 20.3 Å². The van der Waals surface area contributed by atoms with Crippen LogP contribution in [0.15, 0.2) is 24.3 Å². The number of rotatable bonds is 6. The number of urea groups is 1. The van der Waals surface area contributed by atoms with Gasteiger partial charge in [-0.25, -0.2) is 4.79 Å². The molecule has 2 amide bonds. The van der Waals surface area contributed by atoms with Crippen LogP contribution in [0.4, 0.5) is 16.2 Å². The van der Waals surface area contributed by atoms with Crippen LogP contribution in [0.5, 0.6) is 0 Å². The molecule has 0 spiro atoms. The zero-order valence-corrected chi connectivity index (χ0v) is 13.8. The Kier molecular flexibility index (Phi) is 6.07. The van der Waals surface area contributed by atoms with E-state index in [1.54, 1.807) is 7.11 Å². The molecule has 2 N–H and O–H groups in total. The van der Waals surface area contributed by atoms with E-state index >= 15 is 0 Å². The van der Waals surface area contributed by atoms with Crippen molar-refractivity contribution in [2.24, 2.45) is 5.92 Å². The van der Waals surface area contributed by atoms with Crippen LogP contribution in [-0.4, -0.2) is 38.9 Å². The van der Waals surface area contributed by atoms with E-state index in [1.165, 1.54) is 12.1 Å². The molecule has 5 heteroatoms. The molecule has 0 saturated carbocycles. The number of amides is 2. The summed E-state index contributed by atoms with van der Waals surface area (Å²) in [4.78, 5) is 14.3. The second-order valence-corrected chi connectivity index (χ2v) is 6.05. The van der Waals surface area contributed by atoms with E-state index in [0.29, 0.717) is 6.61 Å². The van der Waals surface area contributed by atoms with Crippen LogP contribution in [0.3, 0.4) is 0 Å². The summed E-state index contributed by atoms with van der Waals surface area (Å²) in [5.74, 6) is 0.760. The van der Waals surface area contributed by atoms with Crippen LogP contribution < -0.4 is 15.5 Å². The van der Waals surface area contributed by atoms with Gasteiger partial charge in [0.05, 0.1) is 12.6 Å². The molecule has 2 rings (SSSR count). The van der Waals surface area contributed by atoms with Crippen LogP contribution in [0.1, 0.15) is 26.7 Å². The van der Waals surface area contributed by atoms with Gasteiger partial charge in [0.25, 0.3) is 0 Å². The van der Waals surface area contributed by atoms with Gasteiger partial charge in [-0.3, -0.25) is 0 Å². The zero-order chi connectivity index (χ0) is 15.9. The highest BCUT2D eigenvalue weighted by molar-refractivity contribution is 5.89. The molecule has 1 aromatic carbocycles. The lowest BCUT2D eigenvalue weighted by Gasteiger charge is -2.19. The Balaban J connectivity index is 1.86. The van der Waals surface area contributed by atoms with Crippen molar-refractivity contribution in [2.75, 3.05) is 37.0 Å². The molecule has 1 aliphatic rings. The van der Waals surface area contributed by atoms with E-state index in [4.69, 9.17) is 4.74 Å². The fraction of sp³-hybridized carbons (Fsp3) is 0.588. The molecule has 0 unspecified atom stereocenters. The van der Waals surface area contributed by atoms with Crippen LogP contribution in [0.25, 0.3) is 0 Å². The molecule has 0 bridgehead atoms. The summed E-state index contributed by atoms with van der Waals surface area (Å²) >= 11 is 0. The molecule has 0 radical (unpaired) electrons. The number of ether oxygens (including phenoxy) is 1. The lowest BCUT2D eigenvalue weighted by atomic mass is 10.2. The largest absolute Gasteiger partial charge is 0.383 e. The van der Waals surface area contributed by atoms with Gasteiger partial charge in [-0.15, -0.1) is 0 Å². The molecule has 1 aliphatic heterocycles. The van der Waals surface area contributed by atoms with Crippen molar-refractivity contribution in [3.63, 3.8) is 0 Å². The molecule has 0 aromatic heterocycles. The average Bonchev–Trinajstić information content (AvgIpc) is 2.94. The van der Waals surface area contributed by atoms with Gasteiger partial charge in [0.2, 0.25) is 0 Å². The van der Waals surface area contributed by atoms with Crippen LogP contribution in [0.2, 0.25) is 0 Å². The van der Waals surface area contributed by atoms with Gasteiger partial charge in [-0.05, 0) is 43.0 Å². The van der Waals surface area contributed by atoms with E-state index in [-0.39, 0.29) is 12.1 Å². The Bertz CT molecular complexity index is 475. The molecule has 122 valence electrons. The Morgan fingerprint density at radius 3 is 2.68 bits per heavy atom. The second-order valence-electron chi connectivity index (χ2n) is 6.05. The summed E-state index contributed by atoms with van der Waals surface area (Å²) in [7, 11) is 1.64. The van der Waals surface area contributed by atoms with Gasteiger partial charge in [0, 0.05) is 31.6 Å². The first-order chi connectivity index (χ1) is 10.6. The van der Waals surface area contributed by atoms with Crippen molar-refractivity contribution in [3.05, 3.63) is 24.3 Å². The number of carbonyl (C=O) groups excluding carboxylic acids is 1. The van der Waals surface area contributed by atoms with Crippen LogP contribution in [-0.2, 0) is 4.74 Å². The average molecular weight is 305 g/mol. The number of nitrogens with zero attached hydrogens (tertiary/aromatic N) is 1.